The molecule has 1 N–H and O–H groups in total. The van der Waals surface area contributed by atoms with Crippen molar-refractivity contribution in [3.05, 3.63) is 0 Å². The zero-order valence-corrected chi connectivity index (χ0v) is 7.58. The summed E-state index contributed by atoms with van der Waals surface area (Å²) in [7, 11) is 0. The Balaban J connectivity index is 1.63. The Bertz CT molecular complexity index is 173. The molecule has 12 heavy (non-hydrogen) atoms. The minimum atomic E-state index is 0.0955. The van der Waals surface area contributed by atoms with E-state index >= 15 is 0 Å². The van der Waals surface area contributed by atoms with Gasteiger partial charge in [-0.25, -0.2) is 0 Å². The van der Waals surface area contributed by atoms with Crippen molar-refractivity contribution in [1.82, 2.24) is 0 Å². The molecule has 3 atom stereocenters. The summed E-state index contributed by atoms with van der Waals surface area (Å²) in [5.74, 6) is 3.32. The minimum absolute atomic E-state index is 0.0955. The van der Waals surface area contributed by atoms with Crippen LogP contribution >= 0.6 is 0 Å². The van der Waals surface area contributed by atoms with Crippen LogP contribution in [0.2, 0.25) is 0 Å². The molecule has 1 nitrogen and oxygen atoms in total. The van der Waals surface area contributed by atoms with Crippen molar-refractivity contribution in [2.45, 2.75) is 44.6 Å². The molecular formula is C11H18O. The van der Waals surface area contributed by atoms with Gasteiger partial charge in [0.05, 0.1) is 6.10 Å². The summed E-state index contributed by atoms with van der Waals surface area (Å²) in [6.07, 6.45) is 8.38. The van der Waals surface area contributed by atoms with Gasteiger partial charge in [-0.3, -0.25) is 0 Å². The molecule has 3 rings (SSSR count). The smallest absolute Gasteiger partial charge is 0.0602 e. The highest BCUT2D eigenvalue weighted by Gasteiger charge is 2.56. The van der Waals surface area contributed by atoms with E-state index in [0.717, 1.165) is 17.8 Å². The third kappa shape index (κ3) is 1.02. The largest absolute Gasteiger partial charge is 0.393 e. The van der Waals surface area contributed by atoms with Crippen LogP contribution in [0.25, 0.3) is 0 Å². The lowest BCUT2D eigenvalue weighted by atomic mass is 10.0. The van der Waals surface area contributed by atoms with Crippen LogP contribution in [0.4, 0.5) is 0 Å². The Labute approximate surface area is 74.2 Å². The monoisotopic (exact) mass is 166 g/mol. The zero-order chi connectivity index (χ0) is 8.13. The van der Waals surface area contributed by atoms with Gasteiger partial charge >= 0.3 is 0 Å². The Morgan fingerprint density at radius 2 is 1.50 bits per heavy atom. The normalized spacial score (nSPS) is 48.2. The maximum absolute atomic E-state index is 9.96. The highest BCUT2D eigenvalue weighted by molar-refractivity contribution is 5.05. The lowest BCUT2D eigenvalue weighted by molar-refractivity contribution is 0.118. The van der Waals surface area contributed by atoms with E-state index in [9.17, 15) is 5.11 Å². The summed E-state index contributed by atoms with van der Waals surface area (Å²) < 4.78 is 0. The van der Waals surface area contributed by atoms with Crippen LogP contribution < -0.4 is 0 Å². The number of rotatable bonds is 2. The van der Waals surface area contributed by atoms with Gasteiger partial charge in [0.2, 0.25) is 0 Å². The van der Waals surface area contributed by atoms with Gasteiger partial charge in [-0.2, -0.15) is 0 Å². The fourth-order valence-electron chi connectivity index (χ4n) is 3.31. The van der Waals surface area contributed by atoms with Crippen molar-refractivity contribution >= 4 is 0 Å². The summed E-state index contributed by atoms with van der Waals surface area (Å²) in [6, 6.07) is 0. The minimum Gasteiger partial charge on any atom is -0.393 e. The molecule has 68 valence electrons. The second kappa shape index (κ2) is 2.47. The molecule has 3 aliphatic rings. The van der Waals surface area contributed by atoms with Gasteiger partial charge in [-0.05, 0) is 49.4 Å². The maximum atomic E-state index is 9.96. The molecule has 0 radical (unpaired) electrons. The molecule has 3 unspecified atom stereocenters. The van der Waals surface area contributed by atoms with Crippen molar-refractivity contribution in [1.29, 1.82) is 0 Å². The molecule has 0 aromatic rings. The molecule has 3 fully saturated rings. The SMILES string of the molecule is OC(C1CC1)C1C2CCCCC21. The van der Waals surface area contributed by atoms with Gasteiger partial charge in [0.25, 0.3) is 0 Å². The molecule has 0 bridgehead atoms. The van der Waals surface area contributed by atoms with Gasteiger partial charge in [0.15, 0.2) is 0 Å². The Kier molecular flexibility index (Phi) is 1.52. The third-order valence-electron chi connectivity index (χ3n) is 4.22. The van der Waals surface area contributed by atoms with E-state index in [-0.39, 0.29) is 6.10 Å². The van der Waals surface area contributed by atoms with Crippen molar-refractivity contribution in [3.8, 4) is 0 Å². The quantitative estimate of drug-likeness (QED) is 0.666. The first-order valence-corrected chi connectivity index (χ1v) is 5.56. The molecule has 1 heteroatoms. The molecule has 0 saturated heterocycles. The van der Waals surface area contributed by atoms with E-state index in [1.165, 1.54) is 38.5 Å². The average molecular weight is 166 g/mol. The van der Waals surface area contributed by atoms with Crippen molar-refractivity contribution in [2.75, 3.05) is 0 Å². The first-order chi connectivity index (χ1) is 5.88. The van der Waals surface area contributed by atoms with Crippen LogP contribution in [-0.4, -0.2) is 11.2 Å². The van der Waals surface area contributed by atoms with Gasteiger partial charge in [0.1, 0.15) is 0 Å². The Morgan fingerprint density at radius 1 is 0.917 bits per heavy atom. The van der Waals surface area contributed by atoms with Gasteiger partial charge in [-0.15, -0.1) is 0 Å². The number of hydrogen-bond acceptors (Lipinski definition) is 1. The van der Waals surface area contributed by atoms with Crippen molar-refractivity contribution < 1.29 is 5.11 Å². The van der Waals surface area contributed by atoms with Gasteiger partial charge in [0, 0.05) is 0 Å². The summed E-state index contributed by atoms with van der Waals surface area (Å²) in [5, 5.41) is 9.96. The van der Waals surface area contributed by atoms with Crippen molar-refractivity contribution in [2.24, 2.45) is 23.7 Å². The highest BCUT2D eigenvalue weighted by atomic mass is 16.3. The first kappa shape index (κ1) is 7.37. The molecule has 3 saturated carbocycles. The van der Waals surface area contributed by atoms with Crippen LogP contribution in [0.1, 0.15) is 38.5 Å². The molecule has 0 amide bonds. The molecule has 0 aromatic carbocycles. The molecule has 0 aliphatic heterocycles. The molecule has 0 aromatic heterocycles. The maximum Gasteiger partial charge on any atom is 0.0602 e. The molecule has 3 aliphatic carbocycles. The molecule has 0 spiro atoms. The fraction of sp³-hybridized carbons (Fsp3) is 1.00. The topological polar surface area (TPSA) is 20.2 Å². The highest BCUT2D eigenvalue weighted by Crippen LogP contribution is 2.59. The summed E-state index contributed by atoms with van der Waals surface area (Å²) in [6.45, 7) is 0. The summed E-state index contributed by atoms with van der Waals surface area (Å²) in [4.78, 5) is 0. The Morgan fingerprint density at radius 3 is 2.00 bits per heavy atom. The van der Waals surface area contributed by atoms with Gasteiger partial charge in [-0.1, -0.05) is 12.8 Å². The summed E-state index contributed by atoms with van der Waals surface area (Å²) in [5.41, 5.74) is 0. The lowest BCUT2D eigenvalue weighted by Gasteiger charge is -2.06. The fourth-order valence-corrected chi connectivity index (χ4v) is 3.31. The van der Waals surface area contributed by atoms with Crippen molar-refractivity contribution in [3.63, 3.8) is 0 Å². The third-order valence-corrected chi connectivity index (χ3v) is 4.22. The van der Waals surface area contributed by atoms with E-state index in [1.807, 2.05) is 0 Å². The standard InChI is InChI=1S/C11H18O/c12-11(7-5-6-7)10-8-3-1-2-4-9(8)10/h7-12H,1-6H2. The van der Waals surface area contributed by atoms with Crippen LogP contribution in [0.3, 0.4) is 0 Å². The predicted octanol–water partition coefficient (Wildman–Crippen LogP) is 2.19. The van der Waals surface area contributed by atoms with E-state index in [4.69, 9.17) is 0 Å². The van der Waals surface area contributed by atoms with E-state index in [2.05, 4.69) is 0 Å². The lowest BCUT2D eigenvalue weighted by Crippen LogP contribution is -2.13. The first-order valence-electron chi connectivity index (χ1n) is 5.56. The second-order valence-corrected chi connectivity index (χ2v) is 5.02. The average Bonchev–Trinajstić information content (AvgIpc) is 2.99. The van der Waals surface area contributed by atoms with Gasteiger partial charge < -0.3 is 5.11 Å². The molecular weight excluding hydrogens is 148 g/mol. The van der Waals surface area contributed by atoms with Crippen LogP contribution in [0.5, 0.6) is 0 Å². The number of aliphatic hydroxyl groups is 1. The number of fused-ring (bicyclic) bond motifs is 1. The predicted molar refractivity (Wildman–Crippen MR) is 47.7 cm³/mol. The Hall–Kier alpha value is -0.0400. The van der Waals surface area contributed by atoms with E-state index in [1.54, 1.807) is 0 Å². The summed E-state index contributed by atoms with van der Waals surface area (Å²) >= 11 is 0. The molecule has 0 heterocycles. The zero-order valence-electron chi connectivity index (χ0n) is 7.58. The van der Waals surface area contributed by atoms with Crippen LogP contribution in [0.15, 0.2) is 0 Å². The van der Waals surface area contributed by atoms with Crippen LogP contribution in [0, 0.1) is 23.7 Å². The van der Waals surface area contributed by atoms with E-state index < -0.39 is 0 Å². The number of hydrogen-bond donors (Lipinski definition) is 1. The second-order valence-electron chi connectivity index (χ2n) is 5.02. The van der Waals surface area contributed by atoms with Crippen LogP contribution in [-0.2, 0) is 0 Å². The van der Waals surface area contributed by atoms with E-state index in [0.29, 0.717) is 5.92 Å². The number of aliphatic hydroxyl groups excluding tert-OH is 1.